The molecule has 20 heavy (non-hydrogen) atoms. The van der Waals surface area contributed by atoms with Gasteiger partial charge < -0.3 is 10.1 Å². The Morgan fingerprint density at radius 2 is 2.25 bits per heavy atom. The van der Waals surface area contributed by atoms with Gasteiger partial charge in [-0.05, 0) is 34.1 Å². The van der Waals surface area contributed by atoms with Crippen LogP contribution in [0.2, 0.25) is 0 Å². The normalized spacial score (nSPS) is 10.6. The molecule has 0 atom stereocenters. The second-order valence-corrected chi connectivity index (χ2v) is 5.45. The first kappa shape index (κ1) is 16.5. The van der Waals surface area contributed by atoms with Crippen LogP contribution in [0, 0.1) is 11.3 Å². The number of halogens is 2. The molecule has 1 N–H and O–H groups in total. The van der Waals surface area contributed by atoms with Gasteiger partial charge in [-0.3, -0.25) is 4.79 Å². The fraction of sp³-hybridized carbons (Fsp3) is 0.143. The van der Waals surface area contributed by atoms with Crippen LogP contribution < -0.4 is 10.1 Å². The molecule has 0 bridgehead atoms. The highest BCUT2D eigenvalue weighted by molar-refractivity contribution is 9.11. The van der Waals surface area contributed by atoms with E-state index >= 15 is 0 Å². The number of nitrogens with one attached hydrogen (secondary N) is 1. The first-order chi connectivity index (χ1) is 9.53. The Morgan fingerprint density at radius 1 is 1.55 bits per heavy atom. The lowest BCUT2D eigenvalue weighted by Gasteiger charge is -2.09. The summed E-state index contributed by atoms with van der Waals surface area (Å²) in [6.07, 6.45) is 3.02. The molecule has 4 nitrogen and oxygen atoms in total. The maximum absolute atomic E-state index is 11.8. The lowest BCUT2D eigenvalue weighted by Crippen LogP contribution is -2.24. The molecule has 0 saturated heterocycles. The second kappa shape index (κ2) is 7.88. The molecule has 6 heteroatoms. The molecule has 0 unspecified atom stereocenters. The highest BCUT2D eigenvalue weighted by Gasteiger charge is 2.12. The lowest BCUT2D eigenvalue weighted by atomic mass is 10.1. The van der Waals surface area contributed by atoms with Gasteiger partial charge in [0.05, 0.1) is 11.6 Å². The van der Waals surface area contributed by atoms with Crippen molar-refractivity contribution in [2.24, 2.45) is 0 Å². The van der Waals surface area contributed by atoms with Gasteiger partial charge in [0.25, 0.3) is 5.91 Å². The molecule has 0 aliphatic carbocycles. The van der Waals surface area contributed by atoms with Crippen molar-refractivity contribution < 1.29 is 9.53 Å². The molecule has 1 aromatic rings. The third kappa shape index (κ3) is 4.22. The number of methoxy groups -OCH3 is 1. The van der Waals surface area contributed by atoms with E-state index in [1.54, 1.807) is 12.1 Å². The number of ether oxygens (including phenoxy) is 1. The number of carbonyl (C=O) groups excluding carboxylic acids is 1. The van der Waals surface area contributed by atoms with E-state index in [1.165, 1.54) is 13.2 Å². The number of hydrogen-bond acceptors (Lipinski definition) is 3. The van der Waals surface area contributed by atoms with E-state index in [4.69, 9.17) is 10.00 Å². The van der Waals surface area contributed by atoms with E-state index in [0.29, 0.717) is 17.9 Å². The summed E-state index contributed by atoms with van der Waals surface area (Å²) >= 11 is 6.72. The molecular weight excluding hydrogens is 388 g/mol. The molecule has 1 rings (SSSR count). The number of carbonyl (C=O) groups is 1. The zero-order valence-electron chi connectivity index (χ0n) is 10.7. The number of hydrogen-bond donors (Lipinski definition) is 1. The fourth-order valence-electron chi connectivity index (χ4n) is 1.47. The van der Waals surface area contributed by atoms with Gasteiger partial charge in [0.15, 0.2) is 0 Å². The Bertz CT molecular complexity index is 604. The zero-order chi connectivity index (χ0) is 15.1. The van der Waals surface area contributed by atoms with Crippen molar-refractivity contribution >= 4 is 43.8 Å². The van der Waals surface area contributed by atoms with E-state index in [0.717, 1.165) is 8.95 Å². The molecule has 0 aliphatic rings. The highest BCUT2D eigenvalue weighted by atomic mass is 79.9. The summed E-state index contributed by atoms with van der Waals surface area (Å²) in [7, 11) is 1.52. The van der Waals surface area contributed by atoms with E-state index in [1.807, 2.05) is 12.1 Å². The summed E-state index contributed by atoms with van der Waals surface area (Å²) < 4.78 is 6.80. The minimum absolute atomic E-state index is 0.00449. The van der Waals surface area contributed by atoms with Crippen LogP contribution >= 0.6 is 31.9 Å². The predicted molar refractivity (Wildman–Crippen MR) is 85.2 cm³/mol. The van der Waals surface area contributed by atoms with Crippen LogP contribution in [0.4, 0.5) is 0 Å². The van der Waals surface area contributed by atoms with Crippen LogP contribution in [0.5, 0.6) is 5.75 Å². The maximum atomic E-state index is 11.8. The number of nitriles is 1. The molecule has 0 fully saturated rings. The van der Waals surface area contributed by atoms with E-state index in [9.17, 15) is 4.79 Å². The molecule has 0 spiro atoms. The molecule has 0 heterocycles. The Hall–Kier alpha value is -1.58. The van der Waals surface area contributed by atoms with Crippen molar-refractivity contribution in [1.29, 1.82) is 5.26 Å². The lowest BCUT2D eigenvalue weighted by molar-refractivity contribution is -0.116. The van der Waals surface area contributed by atoms with Crippen LogP contribution in [0.25, 0.3) is 6.08 Å². The molecule has 1 amide bonds. The third-order valence-corrected chi connectivity index (χ3v) is 3.36. The van der Waals surface area contributed by atoms with E-state index in [2.05, 4.69) is 43.8 Å². The summed E-state index contributed by atoms with van der Waals surface area (Å²) in [6.45, 7) is 3.81. The van der Waals surface area contributed by atoms with Crippen LogP contribution in [0.1, 0.15) is 5.56 Å². The van der Waals surface area contributed by atoms with Gasteiger partial charge >= 0.3 is 0 Å². The number of amides is 1. The third-order valence-electron chi connectivity index (χ3n) is 2.31. The average molecular weight is 400 g/mol. The maximum Gasteiger partial charge on any atom is 0.262 e. The smallest absolute Gasteiger partial charge is 0.262 e. The highest BCUT2D eigenvalue weighted by Crippen LogP contribution is 2.33. The van der Waals surface area contributed by atoms with E-state index < -0.39 is 5.91 Å². The quantitative estimate of drug-likeness (QED) is 0.468. The van der Waals surface area contributed by atoms with Crippen LogP contribution in [-0.4, -0.2) is 19.6 Å². The Morgan fingerprint density at radius 3 is 2.80 bits per heavy atom. The molecular formula is C14H12Br2N2O2. The van der Waals surface area contributed by atoms with Crippen molar-refractivity contribution in [3.8, 4) is 11.8 Å². The Labute approximate surface area is 134 Å². The molecule has 0 saturated carbocycles. The number of rotatable bonds is 5. The Balaban J connectivity index is 3.22. The molecule has 104 valence electrons. The minimum atomic E-state index is -0.453. The van der Waals surface area contributed by atoms with Crippen molar-refractivity contribution in [1.82, 2.24) is 5.32 Å². The monoisotopic (exact) mass is 398 g/mol. The molecule has 0 radical (unpaired) electrons. The first-order valence-electron chi connectivity index (χ1n) is 5.57. The second-order valence-electron chi connectivity index (χ2n) is 3.68. The van der Waals surface area contributed by atoms with E-state index in [-0.39, 0.29) is 5.57 Å². The fourth-order valence-corrected chi connectivity index (χ4v) is 2.89. The number of nitrogens with zero attached hydrogens (tertiary/aromatic N) is 1. The van der Waals surface area contributed by atoms with Gasteiger partial charge in [-0.1, -0.05) is 22.0 Å². The number of benzene rings is 1. The topological polar surface area (TPSA) is 62.1 Å². The van der Waals surface area contributed by atoms with Crippen molar-refractivity contribution in [3.05, 3.63) is 44.9 Å². The summed E-state index contributed by atoms with van der Waals surface area (Å²) in [5.41, 5.74) is 0.620. The van der Waals surface area contributed by atoms with Crippen LogP contribution in [-0.2, 0) is 4.79 Å². The largest absolute Gasteiger partial charge is 0.495 e. The first-order valence-corrected chi connectivity index (χ1v) is 7.16. The SMILES string of the molecule is C=CCNC(=O)/C(C#N)=C/c1cc(Br)cc(Br)c1OC. The Kier molecular flexibility index (Phi) is 6.49. The van der Waals surface area contributed by atoms with Crippen LogP contribution in [0.3, 0.4) is 0 Å². The van der Waals surface area contributed by atoms with Crippen molar-refractivity contribution in [2.75, 3.05) is 13.7 Å². The van der Waals surface area contributed by atoms with Crippen molar-refractivity contribution in [2.45, 2.75) is 0 Å². The van der Waals surface area contributed by atoms with Gasteiger partial charge in [-0.2, -0.15) is 5.26 Å². The summed E-state index contributed by atoms with van der Waals surface area (Å²) in [4.78, 5) is 11.8. The zero-order valence-corrected chi connectivity index (χ0v) is 13.9. The summed E-state index contributed by atoms with van der Waals surface area (Å²) in [5, 5.41) is 11.6. The minimum Gasteiger partial charge on any atom is -0.495 e. The van der Waals surface area contributed by atoms with Gasteiger partial charge in [0.2, 0.25) is 0 Å². The standard InChI is InChI=1S/C14H12Br2N2O2/c1-3-4-18-14(19)10(8-17)5-9-6-11(15)7-12(16)13(9)20-2/h3,5-7H,1,4H2,2H3,(H,18,19)/b10-5+. The molecule has 0 aliphatic heterocycles. The summed E-state index contributed by atoms with van der Waals surface area (Å²) in [6, 6.07) is 5.46. The van der Waals surface area contributed by atoms with Crippen LogP contribution in [0.15, 0.2) is 39.3 Å². The predicted octanol–water partition coefficient (Wildman–Crippen LogP) is 3.43. The van der Waals surface area contributed by atoms with Gasteiger partial charge in [-0.25, -0.2) is 0 Å². The summed E-state index contributed by atoms with van der Waals surface area (Å²) in [5.74, 6) is 0.100. The average Bonchev–Trinajstić information content (AvgIpc) is 2.41. The molecule has 0 aromatic heterocycles. The van der Waals surface area contributed by atoms with Gasteiger partial charge in [-0.15, -0.1) is 6.58 Å². The van der Waals surface area contributed by atoms with Gasteiger partial charge in [0, 0.05) is 16.6 Å². The van der Waals surface area contributed by atoms with Gasteiger partial charge in [0.1, 0.15) is 17.4 Å². The molecule has 1 aromatic carbocycles. The van der Waals surface area contributed by atoms with Crippen molar-refractivity contribution in [3.63, 3.8) is 0 Å².